The van der Waals surface area contributed by atoms with Crippen molar-refractivity contribution in [3.8, 4) is 11.5 Å². The molecule has 3 N–H and O–H groups in total. The second-order valence-corrected chi connectivity index (χ2v) is 7.71. The Bertz CT molecular complexity index is 856. The molecule has 0 amide bonds. The van der Waals surface area contributed by atoms with Crippen LogP contribution in [0.5, 0.6) is 11.5 Å². The van der Waals surface area contributed by atoms with Crippen LogP contribution in [0.2, 0.25) is 0 Å². The number of benzene rings is 2. The number of aliphatic hydroxyl groups is 1. The van der Waals surface area contributed by atoms with Gasteiger partial charge in [0.1, 0.15) is 11.5 Å². The molecule has 2 aromatic carbocycles. The van der Waals surface area contributed by atoms with E-state index in [1.54, 1.807) is 14.2 Å². The molecule has 1 atom stereocenters. The van der Waals surface area contributed by atoms with Crippen molar-refractivity contribution in [1.82, 2.24) is 15.5 Å². The Morgan fingerprint density at radius 1 is 1.12 bits per heavy atom. The SMILES string of the molecule is CCNC(=NCc1ccccc1CO)NC1CCN(Cc2cc(OC)cc(OC)c2)C1.I. The summed E-state index contributed by atoms with van der Waals surface area (Å²) in [6.45, 7) is 6.24. The number of hydrogen-bond donors (Lipinski definition) is 3. The molecule has 1 fully saturated rings. The molecule has 1 unspecified atom stereocenters. The number of methoxy groups -OCH3 is 2. The van der Waals surface area contributed by atoms with Crippen LogP contribution in [0, 0.1) is 0 Å². The van der Waals surface area contributed by atoms with Gasteiger partial charge in [-0.05, 0) is 42.2 Å². The van der Waals surface area contributed by atoms with Crippen LogP contribution in [0.1, 0.15) is 30.0 Å². The molecule has 0 radical (unpaired) electrons. The van der Waals surface area contributed by atoms with Gasteiger partial charge >= 0.3 is 0 Å². The second kappa shape index (κ2) is 13.5. The molecule has 1 aliphatic rings. The Hall–Kier alpha value is -2.04. The van der Waals surface area contributed by atoms with Crippen LogP contribution in [0.15, 0.2) is 47.5 Å². The summed E-state index contributed by atoms with van der Waals surface area (Å²) in [6.07, 6.45) is 1.05. The lowest BCUT2D eigenvalue weighted by molar-refractivity contribution is 0.280. The molecular weight excluding hydrogens is 519 g/mol. The third-order valence-corrected chi connectivity index (χ3v) is 5.47. The minimum Gasteiger partial charge on any atom is -0.497 e. The Balaban J connectivity index is 0.00000363. The normalized spacial score (nSPS) is 16.4. The summed E-state index contributed by atoms with van der Waals surface area (Å²) in [7, 11) is 3.35. The lowest BCUT2D eigenvalue weighted by atomic mass is 10.1. The zero-order chi connectivity index (χ0) is 22.1. The van der Waals surface area contributed by atoms with E-state index in [9.17, 15) is 5.11 Å². The van der Waals surface area contributed by atoms with Gasteiger partial charge < -0.3 is 25.2 Å². The van der Waals surface area contributed by atoms with Crippen LogP contribution < -0.4 is 20.1 Å². The van der Waals surface area contributed by atoms with E-state index in [-0.39, 0.29) is 30.6 Å². The molecule has 2 aromatic rings. The summed E-state index contributed by atoms with van der Waals surface area (Å²) >= 11 is 0. The van der Waals surface area contributed by atoms with Gasteiger partial charge in [-0.1, -0.05) is 24.3 Å². The van der Waals surface area contributed by atoms with Crippen molar-refractivity contribution >= 4 is 29.9 Å². The maximum Gasteiger partial charge on any atom is 0.191 e. The molecule has 1 heterocycles. The van der Waals surface area contributed by atoms with Crippen molar-refractivity contribution in [3.05, 3.63) is 59.2 Å². The Morgan fingerprint density at radius 3 is 2.44 bits per heavy atom. The number of rotatable bonds is 9. The maximum absolute atomic E-state index is 9.53. The largest absolute Gasteiger partial charge is 0.497 e. The number of hydrogen-bond acceptors (Lipinski definition) is 5. The highest BCUT2D eigenvalue weighted by Gasteiger charge is 2.23. The highest BCUT2D eigenvalue weighted by Crippen LogP contribution is 2.24. The molecule has 32 heavy (non-hydrogen) atoms. The lowest BCUT2D eigenvalue weighted by Crippen LogP contribution is -2.44. The van der Waals surface area contributed by atoms with Gasteiger partial charge in [0.15, 0.2) is 5.96 Å². The Labute approximate surface area is 208 Å². The van der Waals surface area contributed by atoms with Crippen LogP contribution in [-0.2, 0) is 19.7 Å². The third kappa shape index (κ3) is 7.53. The molecule has 176 valence electrons. The fourth-order valence-electron chi connectivity index (χ4n) is 3.85. The summed E-state index contributed by atoms with van der Waals surface area (Å²) in [4.78, 5) is 7.17. The molecule has 0 saturated carbocycles. The number of ether oxygens (including phenoxy) is 2. The van der Waals surface area contributed by atoms with E-state index in [1.807, 2.05) is 30.3 Å². The Kier molecular flexibility index (Phi) is 11.1. The zero-order valence-corrected chi connectivity index (χ0v) is 21.5. The van der Waals surface area contributed by atoms with E-state index in [0.717, 1.165) is 61.2 Å². The van der Waals surface area contributed by atoms with Gasteiger partial charge in [0.25, 0.3) is 0 Å². The number of nitrogens with one attached hydrogen (secondary N) is 2. The van der Waals surface area contributed by atoms with Crippen LogP contribution in [0.4, 0.5) is 0 Å². The molecule has 7 nitrogen and oxygen atoms in total. The predicted octanol–water partition coefficient (Wildman–Crippen LogP) is 3.14. The van der Waals surface area contributed by atoms with Crippen LogP contribution in [0.3, 0.4) is 0 Å². The first kappa shape index (κ1) is 26.2. The van der Waals surface area contributed by atoms with Gasteiger partial charge in [0, 0.05) is 38.3 Å². The molecular formula is C24H35IN4O3. The van der Waals surface area contributed by atoms with E-state index in [1.165, 1.54) is 5.56 Å². The molecule has 0 aromatic heterocycles. The maximum atomic E-state index is 9.53. The van der Waals surface area contributed by atoms with Crippen molar-refractivity contribution in [2.75, 3.05) is 33.9 Å². The summed E-state index contributed by atoms with van der Waals surface area (Å²) in [5.74, 6) is 2.44. The molecule has 0 spiro atoms. The molecule has 1 aliphatic heterocycles. The average Bonchev–Trinajstić information content (AvgIpc) is 3.23. The fourth-order valence-corrected chi connectivity index (χ4v) is 3.85. The molecule has 0 aliphatic carbocycles. The quantitative estimate of drug-likeness (QED) is 0.251. The number of aliphatic imine (C=N–C) groups is 1. The fraction of sp³-hybridized carbons (Fsp3) is 0.458. The highest BCUT2D eigenvalue weighted by atomic mass is 127. The number of halogens is 1. The summed E-state index contributed by atoms with van der Waals surface area (Å²) < 4.78 is 10.8. The molecule has 3 rings (SSSR count). The van der Waals surface area contributed by atoms with Crippen molar-refractivity contribution in [2.24, 2.45) is 4.99 Å². The first-order valence-electron chi connectivity index (χ1n) is 10.8. The molecule has 0 bridgehead atoms. The summed E-state index contributed by atoms with van der Waals surface area (Å²) in [5.41, 5.74) is 3.14. The van der Waals surface area contributed by atoms with Crippen LogP contribution >= 0.6 is 24.0 Å². The van der Waals surface area contributed by atoms with E-state index >= 15 is 0 Å². The minimum atomic E-state index is 0. The van der Waals surface area contributed by atoms with Gasteiger partial charge in [-0.3, -0.25) is 4.90 Å². The van der Waals surface area contributed by atoms with Gasteiger partial charge in [0.2, 0.25) is 0 Å². The monoisotopic (exact) mass is 554 g/mol. The lowest BCUT2D eigenvalue weighted by Gasteiger charge is -2.19. The standard InChI is InChI=1S/C24H34N4O3.HI/c1-4-25-24(26-14-19-7-5-6-8-20(19)17-29)27-21-9-10-28(16-21)15-18-11-22(30-2)13-23(12-18)31-3;/h5-8,11-13,21,29H,4,9-10,14-17H2,1-3H3,(H2,25,26,27);1H. The van der Waals surface area contributed by atoms with Gasteiger partial charge in [-0.25, -0.2) is 4.99 Å². The van der Waals surface area contributed by atoms with Gasteiger partial charge in [0.05, 0.1) is 27.4 Å². The van der Waals surface area contributed by atoms with E-state index in [0.29, 0.717) is 12.6 Å². The molecule has 1 saturated heterocycles. The predicted molar refractivity (Wildman–Crippen MR) is 139 cm³/mol. The van der Waals surface area contributed by atoms with E-state index in [4.69, 9.17) is 14.5 Å². The Morgan fingerprint density at radius 2 is 1.81 bits per heavy atom. The van der Waals surface area contributed by atoms with Crippen molar-refractivity contribution in [2.45, 2.75) is 39.1 Å². The summed E-state index contributed by atoms with van der Waals surface area (Å²) in [5, 5.41) is 16.4. The third-order valence-electron chi connectivity index (χ3n) is 5.47. The minimum absolute atomic E-state index is 0. The molecule has 8 heteroatoms. The smallest absolute Gasteiger partial charge is 0.191 e. The van der Waals surface area contributed by atoms with Gasteiger partial charge in [-0.15, -0.1) is 24.0 Å². The average molecular weight is 554 g/mol. The number of nitrogens with zero attached hydrogens (tertiary/aromatic N) is 2. The van der Waals surface area contributed by atoms with E-state index in [2.05, 4.69) is 34.6 Å². The first-order chi connectivity index (χ1) is 15.1. The summed E-state index contributed by atoms with van der Waals surface area (Å²) in [6, 6.07) is 14.2. The second-order valence-electron chi connectivity index (χ2n) is 7.71. The van der Waals surface area contributed by atoms with Crippen molar-refractivity contribution in [1.29, 1.82) is 0 Å². The first-order valence-corrected chi connectivity index (χ1v) is 10.8. The zero-order valence-electron chi connectivity index (χ0n) is 19.1. The van der Waals surface area contributed by atoms with Gasteiger partial charge in [-0.2, -0.15) is 0 Å². The van der Waals surface area contributed by atoms with E-state index < -0.39 is 0 Å². The van der Waals surface area contributed by atoms with Crippen LogP contribution in [-0.4, -0.2) is 55.9 Å². The number of likely N-dealkylation sites (tertiary alicyclic amines) is 1. The van der Waals surface area contributed by atoms with Crippen LogP contribution in [0.25, 0.3) is 0 Å². The van der Waals surface area contributed by atoms with Crippen molar-refractivity contribution < 1.29 is 14.6 Å². The number of aliphatic hydroxyl groups excluding tert-OH is 1. The number of guanidine groups is 1. The highest BCUT2D eigenvalue weighted by molar-refractivity contribution is 14.0. The van der Waals surface area contributed by atoms with Crippen molar-refractivity contribution in [3.63, 3.8) is 0 Å². The topological polar surface area (TPSA) is 78.4 Å².